The van der Waals surface area contributed by atoms with Crippen molar-refractivity contribution in [3.8, 4) is 11.8 Å². The lowest BCUT2D eigenvalue weighted by atomic mass is 10.2. The number of nitrogens with zero attached hydrogens (tertiary/aromatic N) is 1. The van der Waals surface area contributed by atoms with E-state index in [-0.39, 0.29) is 6.03 Å². The number of carbonyl (C=O) groups excluding carboxylic acids is 1. The summed E-state index contributed by atoms with van der Waals surface area (Å²) in [7, 11) is 0. The molecule has 0 aliphatic rings. The number of nitrogens with one attached hydrogen (secondary N) is 2. The molecule has 5 nitrogen and oxygen atoms in total. The van der Waals surface area contributed by atoms with Gasteiger partial charge in [-0.25, -0.2) is 4.79 Å². The molecule has 0 saturated carbocycles. The van der Waals surface area contributed by atoms with Gasteiger partial charge in [-0.15, -0.1) is 0 Å². The van der Waals surface area contributed by atoms with Crippen molar-refractivity contribution in [2.75, 3.05) is 18.5 Å². The fraction of sp³-hybridized carbons (Fsp3) is 0.125. The summed E-state index contributed by atoms with van der Waals surface area (Å²) in [6.45, 7) is 0.651. The lowest BCUT2D eigenvalue weighted by Gasteiger charge is -2.10. The second kappa shape index (κ2) is 7.91. The second-order valence-electron chi connectivity index (χ2n) is 4.35. The number of para-hydroxylation sites is 1. The van der Waals surface area contributed by atoms with Crippen LogP contribution >= 0.6 is 11.6 Å². The molecule has 2 aromatic rings. The number of hydrogen-bond donors (Lipinski definition) is 2. The highest BCUT2D eigenvalue weighted by Crippen LogP contribution is 2.22. The maximum Gasteiger partial charge on any atom is 0.319 e. The fourth-order valence-electron chi connectivity index (χ4n) is 1.69. The van der Waals surface area contributed by atoms with Crippen LogP contribution in [0.2, 0.25) is 5.02 Å². The molecule has 2 amide bonds. The lowest BCUT2D eigenvalue weighted by Crippen LogP contribution is -2.32. The van der Waals surface area contributed by atoms with Gasteiger partial charge in [0.25, 0.3) is 0 Å². The molecule has 2 N–H and O–H groups in total. The molecule has 0 radical (unpaired) electrons. The van der Waals surface area contributed by atoms with Gasteiger partial charge in [0.1, 0.15) is 12.4 Å². The van der Waals surface area contributed by atoms with Crippen molar-refractivity contribution in [2.45, 2.75) is 0 Å². The zero-order valence-corrected chi connectivity index (χ0v) is 12.4. The first kappa shape index (κ1) is 15.7. The number of nitriles is 1. The number of rotatable bonds is 5. The highest BCUT2D eigenvalue weighted by molar-refractivity contribution is 6.32. The summed E-state index contributed by atoms with van der Waals surface area (Å²) in [5.41, 5.74) is 1.16. The Bertz CT molecular complexity index is 681. The van der Waals surface area contributed by atoms with E-state index in [0.29, 0.717) is 35.2 Å². The highest BCUT2D eigenvalue weighted by atomic mass is 35.5. The van der Waals surface area contributed by atoms with E-state index < -0.39 is 0 Å². The normalized spacial score (nSPS) is 9.64. The summed E-state index contributed by atoms with van der Waals surface area (Å²) in [6.07, 6.45) is 0. The predicted molar refractivity (Wildman–Crippen MR) is 85.1 cm³/mol. The Kier molecular flexibility index (Phi) is 5.64. The summed E-state index contributed by atoms with van der Waals surface area (Å²) >= 11 is 5.95. The van der Waals surface area contributed by atoms with Crippen LogP contribution in [0.3, 0.4) is 0 Å². The van der Waals surface area contributed by atoms with Crippen molar-refractivity contribution < 1.29 is 9.53 Å². The molecule has 0 aromatic heterocycles. The van der Waals surface area contributed by atoms with Crippen molar-refractivity contribution in [3.63, 3.8) is 0 Å². The number of amides is 2. The molecular formula is C16H14ClN3O2. The van der Waals surface area contributed by atoms with Crippen LogP contribution in [0.5, 0.6) is 5.75 Å². The number of ether oxygens (including phenoxy) is 1. The molecule has 0 unspecified atom stereocenters. The summed E-state index contributed by atoms with van der Waals surface area (Å²) in [5.74, 6) is 0.582. The lowest BCUT2D eigenvalue weighted by molar-refractivity contribution is 0.247. The molecule has 6 heteroatoms. The van der Waals surface area contributed by atoms with Gasteiger partial charge in [0, 0.05) is 5.69 Å². The van der Waals surface area contributed by atoms with Crippen LogP contribution < -0.4 is 15.4 Å². The highest BCUT2D eigenvalue weighted by Gasteiger charge is 2.02. The first-order valence-corrected chi connectivity index (χ1v) is 6.99. The van der Waals surface area contributed by atoms with E-state index in [2.05, 4.69) is 10.6 Å². The quantitative estimate of drug-likeness (QED) is 0.830. The van der Waals surface area contributed by atoms with Crippen molar-refractivity contribution in [2.24, 2.45) is 0 Å². The minimum Gasteiger partial charge on any atom is -0.490 e. The molecule has 0 heterocycles. The molecule has 0 spiro atoms. The van der Waals surface area contributed by atoms with Gasteiger partial charge >= 0.3 is 6.03 Å². The van der Waals surface area contributed by atoms with Crippen LogP contribution in [0.4, 0.5) is 10.5 Å². The molecule has 0 aliphatic heterocycles. The Morgan fingerprint density at radius 2 is 1.91 bits per heavy atom. The number of urea groups is 1. The van der Waals surface area contributed by atoms with Crippen LogP contribution in [-0.2, 0) is 0 Å². The molecule has 0 aliphatic carbocycles. The van der Waals surface area contributed by atoms with Crippen molar-refractivity contribution in [1.29, 1.82) is 5.26 Å². The predicted octanol–water partition coefficient (Wildman–Crippen LogP) is 3.41. The van der Waals surface area contributed by atoms with E-state index in [0.717, 1.165) is 0 Å². The van der Waals surface area contributed by atoms with Crippen LogP contribution in [0.1, 0.15) is 5.56 Å². The Balaban J connectivity index is 1.71. The molecule has 0 atom stereocenters. The maximum absolute atomic E-state index is 11.7. The molecule has 0 saturated heterocycles. The van der Waals surface area contributed by atoms with Gasteiger partial charge < -0.3 is 15.4 Å². The minimum absolute atomic E-state index is 0.310. The average molecular weight is 316 g/mol. The van der Waals surface area contributed by atoms with Gasteiger partial charge in [-0.3, -0.25) is 0 Å². The molecule has 0 bridgehead atoms. The summed E-state index contributed by atoms with van der Waals surface area (Å²) in [4.78, 5) is 11.7. The second-order valence-corrected chi connectivity index (χ2v) is 4.76. The van der Waals surface area contributed by atoms with Gasteiger partial charge in [0.2, 0.25) is 0 Å². The van der Waals surface area contributed by atoms with E-state index in [1.54, 1.807) is 36.4 Å². The Hall–Kier alpha value is -2.71. The number of carbonyl (C=O) groups is 1. The molecule has 2 aromatic carbocycles. The minimum atomic E-state index is -0.340. The number of benzene rings is 2. The van der Waals surface area contributed by atoms with E-state index in [1.807, 2.05) is 18.2 Å². The maximum atomic E-state index is 11.7. The first-order valence-electron chi connectivity index (χ1n) is 6.61. The third-order valence-corrected chi connectivity index (χ3v) is 3.07. The van der Waals surface area contributed by atoms with Gasteiger partial charge in [-0.2, -0.15) is 5.26 Å². The Labute approximate surface area is 133 Å². The van der Waals surface area contributed by atoms with Crippen molar-refractivity contribution >= 4 is 23.3 Å². The standard InChI is InChI=1S/C16H14ClN3O2/c17-14-3-1-2-4-15(14)22-10-9-19-16(21)20-13-7-5-12(11-18)6-8-13/h1-8H,9-10H2,(H2,19,20,21). The van der Waals surface area contributed by atoms with Crippen LogP contribution in [0.15, 0.2) is 48.5 Å². The number of hydrogen-bond acceptors (Lipinski definition) is 3. The van der Waals surface area contributed by atoms with E-state index in [1.165, 1.54) is 0 Å². The largest absolute Gasteiger partial charge is 0.490 e. The van der Waals surface area contributed by atoms with Gasteiger partial charge in [-0.05, 0) is 36.4 Å². The topological polar surface area (TPSA) is 74.2 Å². The van der Waals surface area contributed by atoms with E-state index in [9.17, 15) is 4.79 Å². The molecular weight excluding hydrogens is 302 g/mol. The molecule has 22 heavy (non-hydrogen) atoms. The molecule has 0 fully saturated rings. The van der Waals surface area contributed by atoms with Crippen LogP contribution in [0, 0.1) is 11.3 Å². The van der Waals surface area contributed by atoms with Crippen molar-refractivity contribution in [3.05, 3.63) is 59.1 Å². The Morgan fingerprint density at radius 1 is 1.18 bits per heavy atom. The van der Waals surface area contributed by atoms with Crippen LogP contribution in [-0.4, -0.2) is 19.2 Å². The van der Waals surface area contributed by atoms with Crippen LogP contribution in [0.25, 0.3) is 0 Å². The average Bonchev–Trinajstić information content (AvgIpc) is 2.54. The van der Waals surface area contributed by atoms with Gasteiger partial charge in [-0.1, -0.05) is 23.7 Å². The van der Waals surface area contributed by atoms with E-state index >= 15 is 0 Å². The monoisotopic (exact) mass is 315 g/mol. The Morgan fingerprint density at radius 3 is 2.59 bits per heavy atom. The third-order valence-electron chi connectivity index (χ3n) is 2.75. The first-order chi connectivity index (χ1) is 10.7. The fourth-order valence-corrected chi connectivity index (χ4v) is 1.88. The SMILES string of the molecule is N#Cc1ccc(NC(=O)NCCOc2ccccc2Cl)cc1. The van der Waals surface area contributed by atoms with Crippen molar-refractivity contribution in [1.82, 2.24) is 5.32 Å². The van der Waals surface area contributed by atoms with E-state index in [4.69, 9.17) is 21.6 Å². The zero-order chi connectivity index (χ0) is 15.8. The smallest absolute Gasteiger partial charge is 0.319 e. The molecule has 2 rings (SSSR count). The summed E-state index contributed by atoms with van der Waals surface area (Å²) < 4.78 is 5.46. The number of halogens is 1. The van der Waals surface area contributed by atoms with Gasteiger partial charge in [0.15, 0.2) is 0 Å². The summed E-state index contributed by atoms with van der Waals surface area (Å²) in [6, 6.07) is 15.4. The van der Waals surface area contributed by atoms with Gasteiger partial charge in [0.05, 0.1) is 23.2 Å². The zero-order valence-electron chi connectivity index (χ0n) is 11.7. The summed E-state index contributed by atoms with van der Waals surface area (Å²) in [5, 5.41) is 14.6. The molecule has 112 valence electrons. The third kappa shape index (κ3) is 4.69. The number of anilines is 1.